The van der Waals surface area contributed by atoms with Gasteiger partial charge in [-0.25, -0.2) is 4.79 Å². The summed E-state index contributed by atoms with van der Waals surface area (Å²) < 4.78 is 16.2. The van der Waals surface area contributed by atoms with E-state index >= 15 is 0 Å². The van der Waals surface area contributed by atoms with E-state index in [1.165, 1.54) is 18.9 Å². The van der Waals surface area contributed by atoms with Gasteiger partial charge in [0, 0.05) is 0 Å². The molecule has 1 fully saturated rings. The van der Waals surface area contributed by atoms with Crippen LogP contribution in [0.15, 0.2) is 53.4 Å². The van der Waals surface area contributed by atoms with Gasteiger partial charge in [0.05, 0.1) is 25.2 Å². The van der Waals surface area contributed by atoms with Crippen molar-refractivity contribution in [1.82, 2.24) is 4.90 Å². The Bertz CT molecular complexity index is 975. The Labute approximate surface area is 184 Å². The molecule has 0 saturated carbocycles. The van der Waals surface area contributed by atoms with E-state index in [1.54, 1.807) is 29.2 Å². The molecule has 0 aromatic heterocycles. The first kappa shape index (κ1) is 21.9. The minimum Gasteiger partial charge on any atom is -0.490 e. The predicted octanol–water partition coefficient (Wildman–Crippen LogP) is 4.04. The van der Waals surface area contributed by atoms with Crippen molar-refractivity contribution in [2.45, 2.75) is 13.5 Å². The van der Waals surface area contributed by atoms with Crippen molar-refractivity contribution in [1.29, 1.82) is 0 Å². The van der Waals surface area contributed by atoms with E-state index in [0.717, 1.165) is 11.1 Å². The molecule has 0 radical (unpaired) electrons. The fourth-order valence-electron chi connectivity index (χ4n) is 2.75. The highest BCUT2D eigenvalue weighted by Crippen LogP contribution is 2.35. The monoisotopic (exact) mass is 443 g/mol. The van der Waals surface area contributed by atoms with Crippen LogP contribution in [0.25, 0.3) is 6.08 Å². The van der Waals surface area contributed by atoms with Crippen LogP contribution < -0.4 is 9.47 Å². The average molecular weight is 444 g/mol. The molecule has 0 N–H and O–H groups in total. The van der Waals surface area contributed by atoms with Crippen LogP contribution in [0, 0.1) is 0 Å². The van der Waals surface area contributed by atoms with Crippen molar-refractivity contribution in [3.63, 3.8) is 0 Å². The minimum atomic E-state index is -0.483. The van der Waals surface area contributed by atoms with Crippen LogP contribution >= 0.6 is 24.0 Å². The van der Waals surface area contributed by atoms with Crippen molar-refractivity contribution < 1.29 is 23.8 Å². The molecule has 1 heterocycles. The van der Waals surface area contributed by atoms with Crippen molar-refractivity contribution in [2.24, 2.45) is 0 Å². The molecule has 1 saturated heterocycles. The van der Waals surface area contributed by atoms with Gasteiger partial charge in [-0.3, -0.25) is 9.69 Å². The Morgan fingerprint density at radius 2 is 1.90 bits per heavy atom. The summed E-state index contributed by atoms with van der Waals surface area (Å²) in [5, 5.41) is 0. The third-order valence-corrected chi connectivity index (χ3v) is 5.57. The molecule has 0 atom stereocenters. The second kappa shape index (κ2) is 10.3. The lowest BCUT2D eigenvalue weighted by Crippen LogP contribution is -2.27. The van der Waals surface area contributed by atoms with Gasteiger partial charge in [-0.05, 0) is 36.3 Å². The second-order valence-electron chi connectivity index (χ2n) is 6.26. The smallest absolute Gasteiger partial charge is 0.343 e. The SMILES string of the molecule is CCOc1cc(C=C2SC(=S)N(Cc3ccccc3)C2=O)ccc1OCC(=O)OC. The fourth-order valence-corrected chi connectivity index (χ4v) is 4.01. The highest BCUT2D eigenvalue weighted by atomic mass is 32.2. The summed E-state index contributed by atoms with van der Waals surface area (Å²) in [7, 11) is 1.30. The Hall–Kier alpha value is -2.84. The summed E-state index contributed by atoms with van der Waals surface area (Å²) in [5.41, 5.74) is 1.78. The first-order valence-corrected chi connectivity index (χ1v) is 10.5. The third-order valence-electron chi connectivity index (χ3n) is 4.20. The summed E-state index contributed by atoms with van der Waals surface area (Å²) in [6, 6.07) is 15.0. The van der Waals surface area contributed by atoms with Gasteiger partial charge < -0.3 is 14.2 Å². The number of esters is 1. The summed E-state index contributed by atoms with van der Waals surface area (Å²) >= 11 is 6.68. The molecule has 2 aromatic carbocycles. The van der Waals surface area contributed by atoms with E-state index in [0.29, 0.717) is 33.9 Å². The molecule has 8 heteroatoms. The van der Waals surface area contributed by atoms with Crippen LogP contribution in [0.3, 0.4) is 0 Å². The molecule has 0 aliphatic carbocycles. The summed E-state index contributed by atoms with van der Waals surface area (Å²) in [6.45, 7) is 2.50. The van der Waals surface area contributed by atoms with Gasteiger partial charge in [0.15, 0.2) is 18.1 Å². The van der Waals surface area contributed by atoms with Crippen LogP contribution in [0.1, 0.15) is 18.1 Å². The molecule has 3 rings (SSSR count). The van der Waals surface area contributed by atoms with E-state index in [2.05, 4.69) is 4.74 Å². The van der Waals surface area contributed by atoms with Crippen LogP contribution in [0.2, 0.25) is 0 Å². The summed E-state index contributed by atoms with van der Waals surface area (Å²) in [4.78, 5) is 26.3. The maximum absolute atomic E-state index is 12.9. The standard InChI is InChI=1S/C22H21NO5S2/c1-3-27-18-11-16(9-10-17(18)28-14-20(24)26-2)12-19-21(25)23(22(29)30-19)13-15-7-5-4-6-8-15/h4-12H,3,13-14H2,1-2H3. The number of hydrogen-bond acceptors (Lipinski definition) is 7. The largest absolute Gasteiger partial charge is 0.490 e. The molecule has 1 aliphatic heterocycles. The molecule has 1 aliphatic rings. The number of thioether (sulfide) groups is 1. The van der Waals surface area contributed by atoms with E-state index in [1.807, 2.05) is 37.3 Å². The second-order valence-corrected chi connectivity index (χ2v) is 7.93. The molecule has 0 spiro atoms. The van der Waals surface area contributed by atoms with Gasteiger partial charge in [0.1, 0.15) is 4.32 Å². The van der Waals surface area contributed by atoms with Crippen molar-refractivity contribution in [2.75, 3.05) is 20.3 Å². The molecular formula is C22H21NO5S2. The quantitative estimate of drug-likeness (QED) is 0.347. The van der Waals surface area contributed by atoms with Crippen molar-refractivity contribution in [3.05, 3.63) is 64.6 Å². The number of rotatable bonds is 8. The molecule has 156 valence electrons. The van der Waals surface area contributed by atoms with Gasteiger partial charge in [0.25, 0.3) is 5.91 Å². The first-order chi connectivity index (χ1) is 14.5. The first-order valence-electron chi connectivity index (χ1n) is 9.27. The van der Waals surface area contributed by atoms with Gasteiger partial charge in [-0.1, -0.05) is 60.4 Å². The zero-order chi connectivity index (χ0) is 21.5. The van der Waals surface area contributed by atoms with Crippen molar-refractivity contribution >= 4 is 46.3 Å². The lowest BCUT2D eigenvalue weighted by Gasteiger charge is -2.14. The molecule has 2 aromatic rings. The van der Waals surface area contributed by atoms with Gasteiger partial charge >= 0.3 is 5.97 Å². The number of carbonyl (C=O) groups excluding carboxylic acids is 2. The lowest BCUT2D eigenvalue weighted by atomic mass is 10.1. The van der Waals surface area contributed by atoms with E-state index in [9.17, 15) is 9.59 Å². The number of carbonyl (C=O) groups is 2. The zero-order valence-corrected chi connectivity index (χ0v) is 18.3. The summed E-state index contributed by atoms with van der Waals surface area (Å²) in [5.74, 6) is 0.299. The number of methoxy groups -OCH3 is 1. The van der Waals surface area contributed by atoms with Crippen LogP contribution in [-0.4, -0.2) is 41.4 Å². The van der Waals surface area contributed by atoms with Gasteiger partial charge in [0.2, 0.25) is 0 Å². The number of amides is 1. The Morgan fingerprint density at radius 3 is 2.60 bits per heavy atom. The molecule has 0 unspecified atom stereocenters. The fraction of sp³-hybridized carbons (Fsp3) is 0.227. The minimum absolute atomic E-state index is 0.127. The topological polar surface area (TPSA) is 65.1 Å². The van der Waals surface area contributed by atoms with Crippen LogP contribution in [-0.2, 0) is 20.9 Å². The number of ether oxygens (including phenoxy) is 3. The molecular weight excluding hydrogens is 422 g/mol. The third kappa shape index (κ3) is 5.40. The molecule has 0 bridgehead atoms. The maximum atomic E-state index is 12.9. The molecule has 30 heavy (non-hydrogen) atoms. The highest BCUT2D eigenvalue weighted by molar-refractivity contribution is 8.26. The highest BCUT2D eigenvalue weighted by Gasteiger charge is 2.32. The molecule has 1 amide bonds. The van der Waals surface area contributed by atoms with Gasteiger partial charge in [-0.2, -0.15) is 0 Å². The van der Waals surface area contributed by atoms with Crippen LogP contribution in [0.5, 0.6) is 11.5 Å². The number of benzene rings is 2. The maximum Gasteiger partial charge on any atom is 0.343 e. The number of nitrogens with zero attached hydrogens (tertiary/aromatic N) is 1. The van der Waals surface area contributed by atoms with E-state index < -0.39 is 5.97 Å². The van der Waals surface area contributed by atoms with E-state index in [-0.39, 0.29) is 12.5 Å². The Balaban J connectivity index is 1.78. The summed E-state index contributed by atoms with van der Waals surface area (Å²) in [6.07, 6.45) is 1.77. The van der Waals surface area contributed by atoms with Crippen molar-refractivity contribution in [3.8, 4) is 11.5 Å². The predicted molar refractivity (Wildman–Crippen MR) is 120 cm³/mol. The van der Waals surface area contributed by atoms with Crippen LogP contribution in [0.4, 0.5) is 0 Å². The Kier molecular flexibility index (Phi) is 7.48. The normalized spacial score (nSPS) is 14.9. The number of thiocarbonyl (C=S) groups is 1. The zero-order valence-electron chi connectivity index (χ0n) is 16.6. The Morgan fingerprint density at radius 1 is 1.13 bits per heavy atom. The molecule has 6 nitrogen and oxygen atoms in total. The lowest BCUT2D eigenvalue weighted by molar-refractivity contribution is -0.142. The van der Waals surface area contributed by atoms with E-state index in [4.69, 9.17) is 21.7 Å². The average Bonchev–Trinajstić information content (AvgIpc) is 3.01. The number of hydrogen-bond donors (Lipinski definition) is 0. The van der Waals surface area contributed by atoms with Gasteiger partial charge in [-0.15, -0.1) is 0 Å².